The fourth-order valence-electron chi connectivity index (χ4n) is 4.08. The molecule has 1 fully saturated rings. The lowest BCUT2D eigenvalue weighted by Gasteiger charge is -2.31. The monoisotopic (exact) mass is 504 g/mol. The van der Waals surface area contributed by atoms with Gasteiger partial charge in [-0.05, 0) is 42.5 Å². The fourth-order valence-corrected chi connectivity index (χ4v) is 5.35. The second-order valence-corrected chi connectivity index (χ2v) is 9.62. The third kappa shape index (κ3) is 4.74. The van der Waals surface area contributed by atoms with Crippen molar-refractivity contribution in [2.75, 3.05) is 49.3 Å². The quantitative estimate of drug-likeness (QED) is 0.620. The van der Waals surface area contributed by atoms with Gasteiger partial charge < -0.3 is 25.8 Å². The number of morpholine rings is 1. The number of rotatable bonds is 6. The van der Waals surface area contributed by atoms with Gasteiger partial charge in [-0.15, -0.1) is 0 Å². The first-order chi connectivity index (χ1) is 16.5. The van der Waals surface area contributed by atoms with Crippen LogP contribution >= 0.6 is 23.4 Å². The Morgan fingerprint density at radius 3 is 2.59 bits per heavy atom. The molecule has 34 heavy (non-hydrogen) atoms. The Hall–Kier alpha value is -2.34. The maximum atomic E-state index is 13.6. The molecule has 0 aromatic heterocycles. The second-order valence-electron chi connectivity index (χ2n) is 8.06. The number of aliphatic imine (C=N–C) groups is 1. The summed E-state index contributed by atoms with van der Waals surface area (Å²) < 4.78 is 24.9. The molecule has 3 aliphatic rings. The largest absolute Gasteiger partial charge is 0.492 e. The Bertz CT molecular complexity index is 1100. The standard InChI is InChI=1S/C23H26ClFN6O2S/c24-18-13-16(3-6-19(18)25)30-14-28-22-20(21(30)26)34-23(27)31(22)15-1-4-17(5-2-15)33-12-9-29-7-10-32-11-8-29/h1-6,13-14,21,23H,7-12,26-27H2. The van der Waals surface area contributed by atoms with Gasteiger partial charge in [0.15, 0.2) is 0 Å². The summed E-state index contributed by atoms with van der Waals surface area (Å²) >= 11 is 7.40. The Morgan fingerprint density at radius 1 is 1.12 bits per heavy atom. The molecule has 3 heterocycles. The average molecular weight is 505 g/mol. The molecule has 11 heteroatoms. The molecule has 0 aliphatic carbocycles. The molecule has 0 bridgehead atoms. The summed E-state index contributed by atoms with van der Waals surface area (Å²) in [5, 5.41) is 0.0301. The number of nitrogens with two attached hydrogens (primary N) is 2. The van der Waals surface area contributed by atoms with E-state index in [1.165, 1.54) is 23.9 Å². The van der Waals surface area contributed by atoms with Crippen molar-refractivity contribution >= 4 is 41.1 Å². The number of halogens is 2. The number of benzene rings is 2. The van der Waals surface area contributed by atoms with Gasteiger partial charge in [0.05, 0.1) is 29.5 Å². The zero-order valence-electron chi connectivity index (χ0n) is 18.4. The van der Waals surface area contributed by atoms with Crippen molar-refractivity contribution in [3.63, 3.8) is 0 Å². The highest BCUT2D eigenvalue weighted by Gasteiger charge is 2.38. The van der Waals surface area contributed by atoms with Crippen molar-refractivity contribution in [2.24, 2.45) is 16.5 Å². The number of hydrogen-bond acceptors (Lipinski definition) is 9. The summed E-state index contributed by atoms with van der Waals surface area (Å²) in [4.78, 5) is 11.5. The molecule has 5 rings (SSSR count). The molecule has 0 amide bonds. The highest BCUT2D eigenvalue weighted by atomic mass is 35.5. The van der Waals surface area contributed by atoms with E-state index in [1.807, 2.05) is 29.2 Å². The number of hydrogen-bond donors (Lipinski definition) is 2. The van der Waals surface area contributed by atoms with Crippen LogP contribution in [0.1, 0.15) is 0 Å². The van der Waals surface area contributed by atoms with Crippen LogP contribution in [0.5, 0.6) is 5.75 Å². The van der Waals surface area contributed by atoms with E-state index in [0.717, 1.165) is 49.2 Å². The van der Waals surface area contributed by atoms with Gasteiger partial charge in [-0.1, -0.05) is 23.4 Å². The molecule has 8 nitrogen and oxygen atoms in total. The molecule has 0 radical (unpaired) electrons. The second kappa shape index (κ2) is 10.1. The van der Waals surface area contributed by atoms with E-state index < -0.39 is 12.0 Å². The third-order valence-corrected chi connectivity index (χ3v) is 7.34. The maximum absolute atomic E-state index is 13.6. The Balaban J connectivity index is 1.26. The molecule has 4 N–H and O–H groups in total. The van der Waals surface area contributed by atoms with E-state index in [0.29, 0.717) is 18.1 Å². The van der Waals surface area contributed by atoms with Crippen LogP contribution in [0.4, 0.5) is 15.8 Å². The van der Waals surface area contributed by atoms with Gasteiger partial charge in [-0.2, -0.15) is 0 Å². The Morgan fingerprint density at radius 2 is 1.85 bits per heavy atom. The fraction of sp³-hybridized carbons (Fsp3) is 0.348. The molecule has 2 aromatic rings. The van der Waals surface area contributed by atoms with Crippen molar-refractivity contribution in [3.05, 3.63) is 64.0 Å². The Labute approximate surface area is 206 Å². The van der Waals surface area contributed by atoms with Crippen LogP contribution < -0.4 is 26.0 Å². The van der Waals surface area contributed by atoms with Gasteiger partial charge >= 0.3 is 0 Å². The van der Waals surface area contributed by atoms with Crippen LogP contribution in [-0.2, 0) is 4.74 Å². The minimum absolute atomic E-state index is 0.0301. The molecule has 2 aromatic carbocycles. The van der Waals surface area contributed by atoms with Crippen molar-refractivity contribution in [1.29, 1.82) is 0 Å². The van der Waals surface area contributed by atoms with Crippen LogP contribution in [0, 0.1) is 5.82 Å². The van der Waals surface area contributed by atoms with Gasteiger partial charge in [0, 0.05) is 31.0 Å². The van der Waals surface area contributed by atoms with Crippen LogP contribution in [0.25, 0.3) is 0 Å². The zero-order valence-corrected chi connectivity index (χ0v) is 20.0. The number of nitrogens with zero attached hydrogens (tertiary/aromatic N) is 4. The Kier molecular flexibility index (Phi) is 6.96. The lowest BCUT2D eigenvalue weighted by atomic mass is 10.2. The van der Waals surface area contributed by atoms with E-state index in [2.05, 4.69) is 9.89 Å². The summed E-state index contributed by atoms with van der Waals surface area (Å²) in [6.07, 6.45) is 1.11. The summed E-state index contributed by atoms with van der Waals surface area (Å²) in [6, 6.07) is 12.3. The van der Waals surface area contributed by atoms with Crippen molar-refractivity contribution in [2.45, 2.75) is 11.7 Å². The maximum Gasteiger partial charge on any atom is 0.150 e. The van der Waals surface area contributed by atoms with E-state index in [1.54, 1.807) is 17.3 Å². The number of anilines is 2. The molecule has 180 valence electrons. The zero-order chi connectivity index (χ0) is 23.7. The number of thioether (sulfide) groups is 1. The molecule has 0 saturated carbocycles. The van der Waals surface area contributed by atoms with E-state index in [-0.39, 0.29) is 10.5 Å². The molecule has 0 spiro atoms. The lowest BCUT2D eigenvalue weighted by molar-refractivity contribution is 0.0322. The highest BCUT2D eigenvalue weighted by Crippen LogP contribution is 2.43. The molecule has 3 aliphatic heterocycles. The number of ether oxygens (including phenoxy) is 2. The first-order valence-electron chi connectivity index (χ1n) is 11.0. The minimum atomic E-state index is -0.516. The van der Waals surface area contributed by atoms with Crippen molar-refractivity contribution < 1.29 is 13.9 Å². The predicted octanol–water partition coefficient (Wildman–Crippen LogP) is 2.99. The SMILES string of the molecule is NC1C2=C(N=CN1c1ccc(F)c(Cl)c1)N(c1ccc(OCCN3CCOCC3)cc1)C(N)S2. The highest BCUT2D eigenvalue weighted by molar-refractivity contribution is 8.04. The summed E-state index contributed by atoms with van der Waals surface area (Å²) in [6.45, 7) is 4.94. The molecule has 2 atom stereocenters. The van der Waals surface area contributed by atoms with Gasteiger partial charge in [-0.3, -0.25) is 9.80 Å². The van der Waals surface area contributed by atoms with E-state index in [9.17, 15) is 4.39 Å². The van der Waals surface area contributed by atoms with Gasteiger partial charge in [-0.25, -0.2) is 9.38 Å². The molecule has 2 unspecified atom stereocenters. The van der Waals surface area contributed by atoms with Crippen LogP contribution in [0.15, 0.2) is 58.2 Å². The summed E-state index contributed by atoms with van der Waals surface area (Å²) in [7, 11) is 0. The lowest BCUT2D eigenvalue weighted by Crippen LogP contribution is -2.44. The smallest absolute Gasteiger partial charge is 0.150 e. The van der Waals surface area contributed by atoms with Gasteiger partial charge in [0.1, 0.15) is 35.7 Å². The predicted molar refractivity (Wildman–Crippen MR) is 135 cm³/mol. The topological polar surface area (TPSA) is 92.6 Å². The first-order valence-corrected chi connectivity index (χ1v) is 12.3. The molecular formula is C23H26ClFN6O2S. The van der Waals surface area contributed by atoms with Gasteiger partial charge in [0.25, 0.3) is 0 Å². The molecule has 1 saturated heterocycles. The van der Waals surface area contributed by atoms with Crippen LogP contribution in [-0.4, -0.2) is 62.4 Å². The first kappa shape index (κ1) is 23.4. The van der Waals surface area contributed by atoms with E-state index in [4.69, 9.17) is 32.5 Å². The van der Waals surface area contributed by atoms with Gasteiger partial charge in [0.2, 0.25) is 0 Å². The third-order valence-electron chi connectivity index (χ3n) is 5.92. The van der Waals surface area contributed by atoms with Crippen molar-refractivity contribution in [1.82, 2.24) is 4.90 Å². The minimum Gasteiger partial charge on any atom is -0.492 e. The summed E-state index contributed by atoms with van der Waals surface area (Å²) in [5.41, 5.74) is 14.1. The van der Waals surface area contributed by atoms with Crippen LogP contribution in [0.3, 0.4) is 0 Å². The average Bonchev–Trinajstić information content (AvgIpc) is 3.19. The van der Waals surface area contributed by atoms with Crippen LogP contribution in [0.2, 0.25) is 5.02 Å². The molecular weight excluding hydrogens is 479 g/mol. The normalized spacial score (nSPS) is 22.9. The summed E-state index contributed by atoms with van der Waals surface area (Å²) in [5.74, 6) is 1.02. The van der Waals surface area contributed by atoms with Crippen molar-refractivity contribution in [3.8, 4) is 5.75 Å². The van der Waals surface area contributed by atoms with E-state index >= 15 is 0 Å².